The third-order valence-corrected chi connectivity index (χ3v) is 4.65. The number of benzene rings is 3. The Morgan fingerprint density at radius 3 is 2.52 bits per heavy atom. The van der Waals surface area contributed by atoms with Gasteiger partial charge in [-0.15, -0.1) is 0 Å². The second kappa shape index (κ2) is 9.70. The summed E-state index contributed by atoms with van der Waals surface area (Å²) in [6.45, 7) is -0.590. The van der Waals surface area contributed by atoms with Gasteiger partial charge in [0.15, 0.2) is 13.2 Å². The first-order chi connectivity index (χ1) is 14.0. The maximum atomic E-state index is 11.9. The summed E-state index contributed by atoms with van der Waals surface area (Å²) in [7, 11) is 0. The summed E-state index contributed by atoms with van der Waals surface area (Å²) >= 11 is 3.51. The van der Waals surface area contributed by atoms with Gasteiger partial charge in [-0.3, -0.25) is 4.79 Å². The molecule has 0 aliphatic rings. The summed E-state index contributed by atoms with van der Waals surface area (Å²) in [6.07, 6.45) is 1.46. The number of aliphatic carboxylic acids is 1. The molecule has 0 heterocycles. The number of nitrogens with one attached hydrogen (secondary N) is 1. The number of hydrazone groups is 1. The van der Waals surface area contributed by atoms with Crippen molar-refractivity contribution in [2.75, 3.05) is 13.2 Å². The quantitative estimate of drug-likeness (QED) is 0.398. The van der Waals surface area contributed by atoms with Crippen molar-refractivity contribution in [2.45, 2.75) is 0 Å². The van der Waals surface area contributed by atoms with Crippen molar-refractivity contribution in [3.63, 3.8) is 0 Å². The molecule has 29 heavy (non-hydrogen) atoms. The number of halogens is 1. The van der Waals surface area contributed by atoms with Crippen molar-refractivity contribution in [3.8, 4) is 11.5 Å². The van der Waals surface area contributed by atoms with Crippen LogP contribution in [0.2, 0.25) is 0 Å². The summed E-state index contributed by atoms with van der Waals surface area (Å²) in [5, 5.41) is 14.5. The van der Waals surface area contributed by atoms with Crippen LogP contribution in [0.5, 0.6) is 11.5 Å². The zero-order valence-corrected chi connectivity index (χ0v) is 16.8. The monoisotopic (exact) mass is 456 g/mol. The van der Waals surface area contributed by atoms with Crippen molar-refractivity contribution in [3.05, 3.63) is 70.7 Å². The zero-order chi connectivity index (χ0) is 20.6. The zero-order valence-electron chi connectivity index (χ0n) is 15.2. The molecule has 0 fully saturated rings. The van der Waals surface area contributed by atoms with Crippen LogP contribution in [0.15, 0.2) is 70.2 Å². The molecule has 0 aromatic heterocycles. The van der Waals surface area contributed by atoms with Crippen LogP contribution in [0.3, 0.4) is 0 Å². The highest BCUT2D eigenvalue weighted by Gasteiger charge is 2.08. The first kappa shape index (κ1) is 20.3. The molecule has 0 atom stereocenters. The molecular formula is C21H17BrN2O5. The molecule has 0 radical (unpaired) electrons. The minimum Gasteiger partial charge on any atom is -0.483 e. The molecule has 0 aliphatic carbocycles. The average Bonchev–Trinajstić information content (AvgIpc) is 2.73. The third kappa shape index (κ3) is 5.79. The van der Waals surface area contributed by atoms with E-state index in [9.17, 15) is 9.59 Å². The van der Waals surface area contributed by atoms with E-state index in [1.807, 2.05) is 30.3 Å². The Morgan fingerprint density at radius 1 is 1.00 bits per heavy atom. The smallest absolute Gasteiger partial charge is 0.341 e. The lowest BCUT2D eigenvalue weighted by Crippen LogP contribution is -2.24. The molecule has 3 aromatic rings. The number of hydrogen-bond acceptors (Lipinski definition) is 5. The normalized spacial score (nSPS) is 10.8. The van der Waals surface area contributed by atoms with Crippen molar-refractivity contribution >= 4 is 44.8 Å². The standard InChI is InChI=1S/C21H17BrN2O5/c22-21-17-4-2-1-3-15(17)7-10-18(21)29-12-19(25)24-23-11-14-5-8-16(9-6-14)28-13-20(26)27/h1-11H,12-13H2,(H,24,25)(H,26,27)/b23-11-. The van der Waals surface area contributed by atoms with E-state index >= 15 is 0 Å². The van der Waals surface area contributed by atoms with E-state index in [-0.39, 0.29) is 6.61 Å². The SMILES string of the molecule is O=C(O)COc1ccc(/C=N\NC(=O)COc2ccc3ccccc3c2Br)cc1. The van der Waals surface area contributed by atoms with Gasteiger partial charge in [-0.1, -0.05) is 30.3 Å². The van der Waals surface area contributed by atoms with Crippen molar-refractivity contribution in [1.29, 1.82) is 0 Å². The predicted octanol–water partition coefficient (Wildman–Crippen LogP) is 3.59. The molecule has 2 N–H and O–H groups in total. The number of carbonyl (C=O) groups is 2. The van der Waals surface area contributed by atoms with E-state index in [0.29, 0.717) is 17.1 Å². The first-order valence-corrected chi connectivity index (χ1v) is 9.39. The van der Waals surface area contributed by atoms with Gasteiger partial charge >= 0.3 is 5.97 Å². The third-order valence-electron chi connectivity index (χ3n) is 3.83. The van der Waals surface area contributed by atoms with Crippen LogP contribution in [0.4, 0.5) is 0 Å². The number of fused-ring (bicyclic) bond motifs is 1. The Bertz CT molecular complexity index is 1050. The average molecular weight is 457 g/mol. The highest BCUT2D eigenvalue weighted by Crippen LogP contribution is 2.32. The van der Waals surface area contributed by atoms with Gasteiger partial charge in [0.2, 0.25) is 0 Å². The lowest BCUT2D eigenvalue weighted by Gasteiger charge is -2.09. The number of ether oxygens (including phenoxy) is 2. The van der Waals surface area contributed by atoms with E-state index in [1.54, 1.807) is 30.3 Å². The Hall–Kier alpha value is -3.39. The molecule has 148 valence electrons. The predicted molar refractivity (Wildman–Crippen MR) is 112 cm³/mol. The molecule has 1 amide bonds. The summed E-state index contributed by atoms with van der Waals surface area (Å²) in [6, 6.07) is 18.2. The summed E-state index contributed by atoms with van der Waals surface area (Å²) in [4.78, 5) is 22.4. The van der Waals surface area contributed by atoms with E-state index in [0.717, 1.165) is 15.2 Å². The highest BCUT2D eigenvalue weighted by molar-refractivity contribution is 9.10. The maximum Gasteiger partial charge on any atom is 0.341 e. The van der Waals surface area contributed by atoms with Crippen molar-refractivity contribution in [1.82, 2.24) is 5.43 Å². The number of nitrogens with zero attached hydrogens (tertiary/aromatic N) is 1. The fraction of sp³-hybridized carbons (Fsp3) is 0.0952. The van der Waals surface area contributed by atoms with E-state index in [1.165, 1.54) is 6.21 Å². The maximum absolute atomic E-state index is 11.9. The van der Waals surface area contributed by atoms with Crippen molar-refractivity contribution in [2.24, 2.45) is 5.10 Å². The van der Waals surface area contributed by atoms with Crippen LogP contribution in [0.25, 0.3) is 10.8 Å². The van der Waals surface area contributed by atoms with Crippen LogP contribution in [0, 0.1) is 0 Å². The van der Waals surface area contributed by atoms with Gasteiger partial charge in [-0.05, 0) is 62.6 Å². The number of carboxylic acid groups (broad SMARTS) is 1. The van der Waals surface area contributed by atoms with E-state index < -0.39 is 18.5 Å². The Morgan fingerprint density at radius 2 is 1.76 bits per heavy atom. The molecule has 0 saturated carbocycles. The number of amides is 1. The fourth-order valence-electron chi connectivity index (χ4n) is 2.47. The molecule has 0 spiro atoms. The summed E-state index contributed by atoms with van der Waals surface area (Å²) in [5.41, 5.74) is 3.11. The van der Waals surface area contributed by atoms with Gasteiger partial charge in [0.1, 0.15) is 11.5 Å². The molecule has 0 aliphatic heterocycles. The van der Waals surface area contributed by atoms with E-state index in [4.69, 9.17) is 14.6 Å². The second-order valence-electron chi connectivity index (χ2n) is 5.93. The Kier molecular flexibility index (Phi) is 6.80. The molecule has 7 nitrogen and oxygen atoms in total. The topological polar surface area (TPSA) is 97.2 Å². The van der Waals surface area contributed by atoms with Gasteiger partial charge < -0.3 is 14.6 Å². The summed E-state index contributed by atoms with van der Waals surface area (Å²) < 4.78 is 11.4. The summed E-state index contributed by atoms with van der Waals surface area (Å²) in [5.74, 6) is -0.443. The van der Waals surface area contributed by atoms with Gasteiger partial charge in [-0.25, -0.2) is 10.2 Å². The molecule has 0 saturated heterocycles. The number of carbonyl (C=O) groups excluding carboxylic acids is 1. The second-order valence-corrected chi connectivity index (χ2v) is 6.73. The van der Waals surface area contributed by atoms with Crippen LogP contribution in [-0.4, -0.2) is 36.4 Å². The van der Waals surface area contributed by atoms with Gasteiger partial charge in [0, 0.05) is 0 Å². The van der Waals surface area contributed by atoms with Gasteiger partial charge in [0.05, 0.1) is 10.7 Å². The lowest BCUT2D eigenvalue weighted by molar-refractivity contribution is -0.139. The minimum atomic E-state index is -1.05. The minimum absolute atomic E-state index is 0.184. The highest BCUT2D eigenvalue weighted by atomic mass is 79.9. The lowest BCUT2D eigenvalue weighted by atomic mass is 10.1. The van der Waals surface area contributed by atoms with Gasteiger partial charge in [-0.2, -0.15) is 5.10 Å². The molecule has 8 heteroatoms. The number of hydrogen-bond donors (Lipinski definition) is 2. The fourth-order valence-corrected chi connectivity index (χ4v) is 3.08. The molecule has 3 rings (SSSR count). The number of rotatable bonds is 8. The molecular weight excluding hydrogens is 440 g/mol. The van der Waals surface area contributed by atoms with Crippen molar-refractivity contribution < 1.29 is 24.2 Å². The Balaban J connectivity index is 1.50. The van der Waals surface area contributed by atoms with E-state index in [2.05, 4.69) is 26.5 Å². The van der Waals surface area contributed by atoms with Crippen LogP contribution in [-0.2, 0) is 9.59 Å². The van der Waals surface area contributed by atoms with Crippen LogP contribution in [0.1, 0.15) is 5.56 Å². The van der Waals surface area contributed by atoms with Crippen LogP contribution >= 0.6 is 15.9 Å². The Labute approximate surface area is 175 Å². The molecule has 0 unspecified atom stereocenters. The molecule has 0 bridgehead atoms. The van der Waals surface area contributed by atoms with Crippen LogP contribution < -0.4 is 14.9 Å². The molecule has 3 aromatic carbocycles. The largest absolute Gasteiger partial charge is 0.483 e. The van der Waals surface area contributed by atoms with Gasteiger partial charge in [0.25, 0.3) is 5.91 Å². The number of carboxylic acids is 1. The first-order valence-electron chi connectivity index (χ1n) is 8.59.